The van der Waals surface area contributed by atoms with Crippen LogP contribution in [0.4, 0.5) is 0 Å². The average molecular weight is 232 g/mol. The Hall–Kier alpha value is -1.57. The van der Waals surface area contributed by atoms with Crippen molar-refractivity contribution in [2.75, 3.05) is 0 Å². The summed E-state index contributed by atoms with van der Waals surface area (Å²) in [4.78, 5) is 0. The fourth-order valence-corrected chi connectivity index (χ4v) is 1.58. The summed E-state index contributed by atoms with van der Waals surface area (Å²) < 4.78 is 0. The van der Waals surface area contributed by atoms with Crippen molar-refractivity contribution in [1.82, 2.24) is 0 Å². The third-order valence-corrected chi connectivity index (χ3v) is 2.49. The lowest BCUT2D eigenvalue weighted by molar-refractivity contribution is 0.796. The van der Waals surface area contributed by atoms with E-state index in [-0.39, 0.29) is 0 Å². The molecule has 2 nitrogen and oxygen atoms in total. The van der Waals surface area contributed by atoms with Gasteiger partial charge in [0.25, 0.3) is 0 Å². The molecule has 0 saturated carbocycles. The van der Waals surface area contributed by atoms with Crippen molar-refractivity contribution >= 4 is 5.71 Å². The van der Waals surface area contributed by atoms with Gasteiger partial charge in [-0.3, -0.25) is 5.41 Å². The zero-order valence-electron chi connectivity index (χ0n) is 11.2. The van der Waals surface area contributed by atoms with Crippen molar-refractivity contribution in [3.05, 3.63) is 47.7 Å². The van der Waals surface area contributed by atoms with E-state index in [9.17, 15) is 0 Å². The Morgan fingerprint density at radius 2 is 2.06 bits per heavy atom. The van der Waals surface area contributed by atoms with Gasteiger partial charge in [-0.25, -0.2) is 0 Å². The number of unbranched alkanes of at least 4 members (excludes halogenated alkanes) is 1. The molecule has 17 heavy (non-hydrogen) atoms. The van der Waals surface area contributed by atoms with Crippen molar-refractivity contribution < 1.29 is 0 Å². The minimum absolute atomic E-state index is 0.511. The Bertz CT molecular complexity index is 353. The number of hydrogen-bond donors (Lipinski definition) is 2. The molecule has 0 heterocycles. The topological polar surface area (TPSA) is 49.9 Å². The van der Waals surface area contributed by atoms with Gasteiger partial charge in [0.2, 0.25) is 0 Å². The Balaban J connectivity index is 5.13. The van der Waals surface area contributed by atoms with Crippen molar-refractivity contribution in [3.8, 4) is 0 Å². The number of nitrogens with one attached hydrogen (secondary N) is 1. The molecule has 0 saturated heterocycles. The van der Waals surface area contributed by atoms with E-state index in [2.05, 4.69) is 13.5 Å². The van der Waals surface area contributed by atoms with E-state index in [0.29, 0.717) is 5.71 Å². The molecule has 0 unspecified atom stereocenters. The van der Waals surface area contributed by atoms with Gasteiger partial charge in [-0.2, -0.15) is 0 Å². The third kappa shape index (κ3) is 5.34. The summed E-state index contributed by atoms with van der Waals surface area (Å²) in [7, 11) is 0. The summed E-state index contributed by atoms with van der Waals surface area (Å²) in [5.74, 6) is 0. The second kappa shape index (κ2) is 8.57. The van der Waals surface area contributed by atoms with Gasteiger partial charge in [-0.1, -0.05) is 44.2 Å². The Kier molecular flexibility index (Phi) is 7.78. The fourth-order valence-electron chi connectivity index (χ4n) is 1.58. The maximum atomic E-state index is 8.21. The zero-order chi connectivity index (χ0) is 13.3. The van der Waals surface area contributed by atoms with Crippen molar-refractivity contribution in [2.24, 2.45) is 5.73 Å². The molecular weight excluding hydrogens is 208 g/mol. The molecule has 0 atom stereocenters. The van der Waals surface area contributed by atoms with E-state index in [4.69, 9.17) is 11.1 Å². The Labute approximate surface area is 105 Å². The highest BCUT2D eigenvalue weighted by Gasteiger charge is 2.10. The number of rotatable bonds is 7. The first-order chi connectivity index (χ1) is 8.08. The molecule has 94 valence electrons. The second-order valence-corrected chi connectivity index (χ2v) is 4.00. The molecule has 0 aromatic carbocycles. The maximum Gasteiger partial charge on any atom is 0.0661 e. The first-order valence-electron chi connectivity index (χ1n) is 6.08. The second-order valence-electron chi connectivity index (χ2n) is 4.00. The van der Waals surface area contributed by atoms with Gasteiger partial charge in [0.15, 0.2) is 0 Å². The molecule has 0 spiro atoms. The van der Waals surface area contributed by atoms with Crippen LogP contribution >= 0.6 is 0 Å². The molecule has 0 radical (unpaired) electrons. The maximum absolute atomic E-state index is 8.21. The smallest absolute Gasteiger partial charge is 0.0661 e. The molecule has 0 aromatic heterocycles. The molecule has 0 aliphatic heterocycles. The molecule has 0 aromatic rings. The summed E-state index contributed by atoms with van der Waals surface area (Å²) in [6, 6.07) is 0. The fraction of sp³-hybridized carbons (Fsp3) is 0.400. The van der Waals surface area contributed by atoms with Gasteiger partial charge >= 0.3 is 0 Å². The lowest BCUT2D eigenvalue weighted by Gasteiger charge is -2.12. The van der Waals surface area contributed by atoms with Crippen LogP contribution in [-0.2, 0) is 0 Å². The standard InChI is InChI=1S/C15H24N2/c1-5-8-11-14(12(4)16)15(17)13(9-6-2)10-7-3/h6-7,9-10,17H,2,5,8,11,16H2,1,3-4H3/b10-7-,13-9+,14-12-,17-15?. The molecule has 0 amide bonds. The summed E-state index contributed by atoms with van der Waals surface area (Å²) in [5, 5.41) is 8.21. The lowest BCUT2D eigenvalue weighted by atomic mass is 9.96. The van der Waals surface area contributed by atoms with Gasteiger partial charge < -0.3 is 5.73 Å². The molecule has 0 bridgehead atoms. The highest BCUT2D eigenvalue weighted by molar-refractivity contribution is 6.12. The van der Waals surface area contributed by atoms with Crippen LogP contribution in [0.1, 0.15) is 40.0 Å². The molecule has 2 heteroatoms. The van der Waals surface area contributed by atoms with Crippen LogP contribution in [0.25, 0.3) is 0 Å². The summed E-state index contributed by atoms with van der Waals surface area (Å²) >= 11 is 0. The largest absolute Gasteiger partial charge is 0.402 e. The molecule has 0 fully saturated rings. The molecule has 0 rings (SSSR count). The summed E-state index contributed by atoms with van der Waals surface area (Å²) in [5.41, 5.74) is 8.92. The molecule has 3 N–H and O–H groups in total. The third-order valence-electron chi connectivity index (χ3n) is 2.49. The predicted octanol–water partition coefficient (Wildman–Crippen LogP) is 4.12. The van der Waals surface area contributed by atoms with Crippen LogP contribution in [0.3, 0.4) is 0 Å². The SMILES string of the molecule is C=C/C=C(\C=C/C)C(=N)/C(CCCC)=C(/C)N. The minimum Gasteiger partial charge on any atom is -0.402 e. The number of nitrogens with two attached hydrogens (primary N) is 1. The van der Waals surface area contributed by atoms with E-state index in [1.807, 2.05) is 32.1 Å². The quantitative estimate of drug-likeness (QED) is 0.503. The van der Waals surface area contributed by atoms with Gasteiger partial charge in [0, 0.05) is 5.70 Å². The summed E-state index contributed by atoms with van der Waals surface area (Å²) in [6.07, 6.45) is 10.4. The normalized spacial score (nSPS) is 13.7. The van der Waals surface area contributed by atoms with Crippen molar-refractivity contribution in [1.29, 1.82) is 5.41 Å². The van der Waals surface area contributed by atoms with Crippen LogP contribution in [0, 0.1) is 5.41 Å². The van der Waals surface area contributed by atoms with Gasteiger partial charge in [-0.15, -0.1) is 0 Å². The first-order valence-corrected chi connectivity index (χ1v) is 6.08. The van der Waals surface area contributed by atoms with Gasteiger partial charge in [0.05, 0.1) is 5.71 Å². The highest BCUT2D eigenvalue weighted by Crippen LogP contribution is 2.17. The van der Waals surface area contributed by atoms with Crippen LogP contribution in [0.15, 0.2) is 47.7 Å². The van der Waals surface area contributed by atoms with Crippen LogP contribution in [0.2, 0.25) is 0 Å². The van der Waals surface area contributed by atoms with E-state index >= 15 is 0 Å². The zero-order valence-corrected chi connectivity index (χ0v) is 11.2. The number of allylic oxidation sites excluding steroid dienone is 7. The average Bonchev–Trinajstić information content (AvgIpc) is 2.28. The van der Waals surface area contributed by atoms with Crippen LogP contribution in [0.5, 0.6) is 0 Å². The van der Waals surface area contributed by atoms with Gasteiger partial charge in [-0.05, 0) is 37.8 Å². The molecular formula is C15H24N2. The Morgan fingerprint density at radius 1 is 1.41 bits per heavy atom. The van der Waals surface area contributed by atoms with E-state index in [1.165, 1.54) is 0 Å². The summed E-state index contributed by atoms with van der Waals surface area (Å²) in [6.45, 7) is 9.62. The predicted molar refractivity (Wildman–Crippen MR) is 77.2 cm³/mol. The van der Waals surface area contributed by atoms with Crippen LogP contribution < -0.4 is 5.73 Å². The van der Waals surface area contributed by atoms with E-state index < -0.39 is 0 Å². The lowest BCUT2D eigenvalue weighted by Crippen LogP contribution is -2.10. The van der Waals surface area contributed by atoms with Gasteiger partial charge in [0.1, 0.15) is 0 Å². The number of hydrogen-bond acceptors (Lipinski definition) is 2. The first kappa shape index (κ1) is 15.4. The Morgan fingerprint density at radius 3 is 2.47 bits per heavy atom. The molecule has 0 aliphatic rings. The van der Waals surface area contributed by atoms with E-state index in [0.717, 1.165) is 36.1 Å². The van der Waals surface area contributed by atoms with Crippen molar-refractivity contribution in [2.45, 2.75) is 40.0 Å². The minimum atomic E-state index is 0.511. The van der Waals surface area contributed by atoms with Crippen LogP contribution in [-0.4, -0.2) is 5.71 Å². The monoisotopic (exact) mass is 232 g/mol. The molecule has 0 aliphatic carbocycles. The van der Waals surface area contributed by atoms with E-state index in [1.54, 1.807) is 6.08 Å². The highest BCUT2D eigenvalue weighted by atomic mass is 14.6. The van der Waals surface area contributed by atoms with Crippen molar-refractivity contribution in [3.63, 3.8) is 0 Å².